The molecule has 4 aliphatic carbocycles. The molecule has 0 radical (unpaired) electrons. The Hall–Kier alpha value is -0.0100. The second kappa shape index (κ2) is 6.06. The highest BCUT2D eigenvalue weighted by molar-refractivity contribution is 6.20. The topological polar surface area (TPSA) is 20.2 Å². The summed E-state index contributed by atoms with van der Waals surface area (Å²) in [7, 11) is 0. The molecule has 0 heterocycles. The van der Waals surface area contributed by atoms with Crippen molar-refractivity contribution in [1.82, 2.24) is 0 Å². The predicted molar refractivity (Wildman–Crippen MR) is 96.4 cm³/mol. The quantitative estimate of drug-likeness (QED) is 0.501. The summed E-state index contributed by atoms with van der Waals surface area (Å²) >= 11 is 6.54. The lowest BCUT2D eigenvalue weighted by atomic mass is 9.63. The van der Waals surface area contributed by atoms with E-state index in [9.17, 15) is 5.11 Å². The van der Waals surface area contributed by atoms with Gasteiger partial charge in [-0.15, -0.1) is 11.6 Å². The lowest BCUT2D eigenvalue weighted by Gasteiger charge is -2.43. The average molecular weight is 337 g/mol. The third kappa shape index (κ3) is 2.71. The van der Waals surface area contributed by atoms with Gasteiger partial charge in [0, 0.05) is 5.38 Å². The van der Waals surface area contributed by atoms with Crippen molar-refractivity contribution in [2.45, 2.75) is 76.7 Å². The van der Waals surface area contributed by atoms with E-state index in [1.54, 1.807) is 0 Å². The van der Waals surface area contributed by atoms with E-state index in [0.717, 1.165) is 42.4 Å². The lowest BCUT2D eigenvalue weighted by molar-refractivity contribution is 0.0229. The molecule has 8 atom stereocenters. The van der Waals surface area contributed by atoms with Gasteiger partial charge in [0.05, 0.1) is 6.10 Å². The van der Waals surface area contributed by atoms with Crippen molar-refractivity contribution in [3.8, 4) is 0 Å². The van der Waals surface area contributed by atoms with Crippen molar-refractivity contribution in [1.29, 1.82) is 0 Å². The number of fused-ring (bicyclic) bond motifs is 3. The van der Waals surface area contributed by atoms with Crippen molar-refractivity contribution >= 4 is 11.6 Å². The first-order valence-electron chi connectivity index (χ1n) is 9.95. The smallest absolute Gasteiger partial charge is 0.0608 e. The summed E-state index contributed by atoms with van der Waals surface area (Å²) in [5.74, 6) is 4.81. The van der Waals surface area contributed by atoms with Gasteiger partial charge >= 0.3 is 0 Å². The van der Waals surface area contributed by atoms with Gasteiger partial charge in [-0.25, -0.2) is 0 Å². The minimum absolute atomic E-state index is 0.0923. The first kappa shape index (κ1) is 16.5. The molecule has 1 nitrogen and oxygen atoms in total. The zero-order valence-electron chi connectivity index (χ0n) is 14.8. The number of hydrogen-bond donors (Lipinski definition) is 1. The molecule has 23 heavy (non-hydrogen) atoms. The first-order valence-corrected chi connectivity index (χ1v) is 10.4. The Morgan fingerprint density at radius 2 is 1.65 bits per heavy atom. The molecule has 3 saturated carbocycles. The maximum Gasteiger partial charge on any atom is 0.0608 e. The molecule has 0 spiro atoms. The first-order chi connectivity index (χ1) is 11.0. The molecule has 0 aromatic carbocycles. The minimum atomic E-state index is -0.0923. The van der Waals surface area contributed by atoms with Crippen LogP contribution in [-0.2, 0) is 0 Å². The third-order valence-electron chi connectivity index (χ3n) is 8.29. The predicted octanol–water partition coefficient (Wildman–Crippen LogP) is 5.41. The van der Waals surface area contributed by atoms with Crippen LogP contribution in [0.15, 0.2) is 12.2 Å². The number of aliphatic hydroxyl groups excluding tert-OH is 1. The number of aliphatic hydroxyl groups is 1. The van der Waals surface area contributed by atoms with E-state index < -0.39 is 0 Å². The molecule has 4 rings (SSSR count). The normalized spacial score (nSPS) is 52.0. The van der Waals surface area contributed by atoms with Crippen LogP contribution in [0, 0.1) is 40.9 Å². The van der Waals surface area contributed by atoms with Gasteiger partial charge in [-0.3, -0.25) is 0 Å². The van der Waals surface area contributed by atoms with Gasteiger partial charge in [-0.2, -0.15) is 0 Å². The highest BCUT2D eigenvalue weighted by Crippen LogP contribution is 2.64. The Kier molecular flexibility index (Phi) is 4.34. The third-order valence-corrected chi connectivity index (χ3v) is 8.69. The molecule has 130 valence electrons. The zero-order valence-corrected chi connectivity index (χ0v) is 15.5. The monoisotopic (exact) mass is 336 g/mol. The summed E-state index contributed by atoms with van der Waals surface area (Å²) in [6.07, 6.45) is 14.3. The van der Waals surface area contributed by atoms with Crippen molar-refractivity contribution in [2.24, 2.45) is 40.9 Å². The highest BCUT2D eigenvalue weighted by Gasteiger charge is 2.57. The van der Waals surface area contributed by atoms with Gasteiger partial charge in [0.25, 0.3) is 0 Å². The molecule has 0 bridgehead atoms. The zero-order chi connectivity index (χ0) is 16.2. The second-order valence-electron chi connectivity index (χ2n) is 9.52. The highest BCUT2D eigenvalue weighted by atomic mass is 35.5. The van der Waals surface area contributed by atoms with Crippen molar-refractivity contribution < 1.29 is 5.11 Å². The molecule has 3 fully saturated rings. The van der Waals surface area contributed by atoms with Crippen LogP contribution >= 0.6 is 11.6 Å². The maximum atomic E-state index is 10.5. The van der Waals surface area contributed by atoms with E-state index in [0.29, 0.717) is 16.7 Å². The summed E-state index contributed by atoms with van der Waals surface area (Å²) < 4.78 is 0. The van der Waals surface area contributed by atoms with E-state index >= 15 is 0 Å². The molecule has 0 aromatic rings. The SMILES string of the molecule is CC1(C)C2CCC(C3CC=CCC3O)CC2[C@H]2CCC(Cl)CC21. The molecule has 0 aromatic heterocycles. The number of allylic oxidation sites excluding steroid dienone is 1. The minimum Gasteiger partial charge on any atom is -0.392 e. The Labute approximate surface area is 146 Å². The van der Waals surface area contributed by atoms with Gasteiger partial charge in [-0.1, -0.05) is 26.0 Å². The van der Waals surface area contributed by atoms with E-state index in [1.807, 2.05) is 0 Å². The van der Waals surface area contributed by atoms with Gasteiger partial charge in [0.2, 0.25) is 0 Å². The van der Waals surface area contributed by atoms with Crippen LogP contribution in [-0.4, -0.2) is 16.6 Å². The van der Waals surface area contributed by atoms with Crippen LogP contribution in [0.2, 0.25) is 0 Å². The lowest BCUT2D eigenvalue weighted by Crippen LogP contribution is -2.37. The number of rotatable bonds is 1. The molecule has 0 saturated heterocycles. The van der Waals surface area contributed by atoms with Crippen LogP contribution < -0.4 is 0 Å². The van der Waals surface area contributed by atoms with Crippen LogP contribution in [0.1, 0.15) is 65.2 Å². The molecular weight excluding hydrogens is 304 g/mol. The van der Waals surface area contributed by atoms with Gasteiger partial charge in [-0.05, 0) is 92.3 Å². The van der Waals surface area contributed by atoms with E-state index in [4.69, 9.17) is 11.6 Å². The Morgan fingerprint density at radius 3 is 2.43 bits per heavy atom. The Morgan fingerprint density at radius 1 is 0.870 bits per heavy atom. The summed E-state index contributed by atoms with van der Waals surface area (Å²) in [6, 6.07) is 0. The Balaban J connectivity index is 1.53. The fourth-order valence-corrected chi connectivity index (χ4v) is 7.46. The van der Waals surface area contributed by atoms with Gasteiger partial charge < -0.3 is 5.11 Å². The number of hydrogen-bond acceptors (Lipinski definition) is 1. The summed E-state index contributed by atoms with van der Waals surface area (Å²) in [4.78, 5) is 0. The fourth-order valence-electron chi connectivity index (χ4n) is 7.14. The molecule has 4 aliphatic rings. The van der Waals surface area contributed by atoms with Gasteiger partial charge in [0.1, 0.15) is 0 Å². The van der Waals surface area contributed by atoms with Crippen molar-refractivity contribution in [3.05, 3.63) is 12.2 Å². The number of alkyl halides is 1. The molecule has 0 aliphatic heterocycles. The molecule has 0 amide bonds. The van der Waals surface area contributed by atoms with E-state index in [2.05, 4.69) is 26.0 Å². The number of halogens is 1. The van der Waals surface area contributed by atoms with Gasteiger partial charge in [0.15, 0.2) is 0 Å². The average Bonchev–Trinajstić information content (AvgIpc) is 2.75. The summed E-state index contributed by atoms with van der Waals surface area (Å²) in [6.45, 7) is 5.06. The summed E-state index contributed by atoms with van der Waals surface area (Å²) in [5, 5.41) is 10.9. The van der Waals surface area contributed by atoms with Crippen LogP contribution in [0.25, 0.3) is 0 Å². The van der Waals surface area contributed by atoms with E-state index in [1.165, 1.54) is 38.5 Å². The molecule has 2 heteroatoms. The second-order valence-corrected chi connectivity index (χ2v) is 10.1. The maximum absolute atomic E-state index is 10.5. The van der Waals surface area contributed by atoms with Crippen molar-refractivity contribution in [3.63, 3.8) is 0 Å². The van der Waals surface area contributed by atoms with Crippen molar-refractivity contribution in [2.75, 3.05) is 0 Å². The van der Waals surface area contributed by atoms with Crippen LogP contribution in [0.4, 0.5) is 0 Å². The van der Waals surface area contributed by atoms with Crippen LogP contribution in [0.3, 0.4) is 0 Å². The van der Waals surface area contributed by atoms with E-state index in [-0.39, 0.29) is 6.10 Å². The molecular formula is C21H33ClO. The molecule has 7 unspecified atom stereocenters. The largest absolute Gasteiger partial charge is 0.392 e. The molecule has 1 N–H and O–H groups in total. The summed E-state index contributed by atoms with van der Waals surface area (Å²) in [5.41, 5.74) is 0.471. The fraction of sp³-hybridized carbons (Fsp3) is 0.905. The Bertz CT molecular complexity index is 470. The standard InChI is InChI=1S/C21H33ClO/c1-21(2)18-10-7-13(15-5-3-4-6-20(15)23)11-17(18)16-9-8-14(22)12-19(16)21/h3-4,13-20,23H,5-12H2,1-2H3/t13?,14?,15?,16-,17?,18?,19?,20?/m1/s1. The van der Waals surface area contributed by atoms with Crippen LogP contribution in [0.5, 0.6) is 0 Å².